The fourth-order valence-corrected chi connectivity index (χ4v) is 2.80. The van der Waals surface area contributed by atoms with Gasteiger partial charge in [-0.15, -0.1) is 0 Å². The smallest absolute Gasteiger partial charge is 0.244 e. The second kappa shape index (κ2) is 16.1. The van der Waals surface area contributed by atoms with Crippen molar-refractivity contribution in [2.75, 3.05) is 0 Å². The quantitative estimate of drug-likeness (QED) is 0.556. The number of unbranched alkanes of at least 4 members (excludes halogenated alkanes) is 1. The van der Waals surface area contributed by atoms with Crippen molar-refractivity contribution in [2.24, 2.45) is 0 Å². The van der Waals surface area contributed by atoms with E-state index < -0.39 is 12.2 Å². The number of amides is 1. The molecule has 1 heterocycles. The van der Waals surface area contributed by atoms with Crippen molar-refractivity contribution in [3.8, 4) is 0 Å². The van der Waals surface area contributed by atoms with Gasteiger partial charge in [0.15, 0.2) is 0 Å². The van der Waals surface area contributed by atoms with Crippen molar-refractivity contribution in [1.82, 2.24) is 5.32 Å². The van der Waals surface area contributed by atoms with Crippen LogP contribution in [-0.2, 0) is 4.79 Å². The van der Waals surface area contributed by atoms with Gasteiger partial charge in [-0.3, -0.25) is 4.79 Å². The van der Waals surface area contributed by atoms with Gasteiger partial charge < -0.3 is 15.5 Å². The molecule has 0 fully saturated rings. The molecule has 0 aliphatic carbocycles. The molecule has 31 heavy (non-hydrogen) atoms. The van der Waals surface area contributed by atoms with Crippen LogP contribution in [0, 0.1) is 0 Å². The van der Waals surface area contributed by atoms with Crippen molar-refractivity contribution in [2.45, 2.75) is 64.7 Å². The molecule has 0 aromatic carbocycles. The maximum Gasteiger partial charge on any atom is 0.244 e. The third kappa shape index (κ3) is 13.3. The fraction of sp³-hybridized carbons (Fsp3) is 0.370. The highest BCUT2D eigenvalue weighted by atomic mass is 16.3. The number of allylic oxidation sites excluding steroid dienone is 11. The Morgan fingerprint density at radius 3 is 2.45 bits per heavy atom. The molecule has 1 aliphatic heterocycles. The van der Waals surface area contributed by atoms with E-state index in [1.54, 1.807) is 36.5 Å². The molecule has 3 N–H and O–H groups in total. The summed E-state index contributed by atoms with van der Waals surface area (Å²) in [5.41, 5.74) is 1.84. The van der Waals surface area contributed by atoms with Gasteiger partial charge in [0, 0.05) is 12.1 Å². The summed E-state index contributed by atoms with van der Waals surface area (Å²) in [6.45, 7) is 5.96. The zero-order valence-electron chi connectivity index (χ0n) is 18.9. The summed E-state index contributed by atoms with van der Waals surface area (Å²) in [5.74, 6) is -0.141. The molecule has 0 bridgehead atoms. The van der Waals surface area contributed by atoms with E-state index in [-0.39, 0.29) is 11.9 Å². The minimum atomic E-state index is -1.01. The standard InChI is InChI=1S/C27H37NO3/c1-4-5-6-7-17-24-18-11-8-14-22(2)15-9-12-19-25(29)26(30)21-23(3)16-10-13-20-27(31)28-24/h6-16,19-21,24-26,29-30H,4-5,17-18H2,1-3H3,(H,28,31)/b7-6+,11-8?,15-9?,16-10?,19-12?,20-13?,22-14?,23-21?. The first-order chi connectivity index (χ1) is 14.9. The molecule has 0 radical (unpaired) electrons. The van der Waals surface area contributed by atoms with Crippen molar-refractivity contribution in [1.29, 1.82) is 0 Å². The maximum atomic E-state index is 12.3. The Kier molecular flexibility index (Phi) is 13.6. The zero-order chi connectivity index (χ0) is 22.9. The first-order valence-corrected chi connectivity index (χ1v) is 11.0. The molecule has 3 atom stereocenters. The van der Waals surface area contributed by atoms with Crippen LogP contribution in [0.4, 0.5) is 0 Å². The topological polar surface area (TPSA) is 69.6 Å². The van der Waals surface area contributed by atoms with Gasteiger partial charge in [-0.25, -0.2) is 0 Å². The number of hydrogen-bond donors (Lipinski definition) is 3. The van der Waals surface area contributed by atoms with Gasteiger partial charge in [0.05, 0.1) is 0 Å². The van der Waals surface area contributed by atoms with Crippen LogP contribution in [0.2, 0.25) is 0 Å². The first-order valence-electron chi connectivity index (χ1n) is 11.0. The van der Waals surface area contributed by atoms with Crippen LogP contribution >= 0.6 is 0 Å². The first kappa shape index (κ1) is 26.3. The number of carbonyl (C=O) groups excluding carboxylic acids is 1. The van der Waals surface area contributed by atoms with Crippen molar-refractivity contribution >= 4 is 5.91 Å². The number of aliphatic hydroxyl groups excluding tert-OH is 2. The van der Waals surface area contributed by atoms with Crippen molar-refractivity contribution in [3.63, 3.8) is 0 Å². The third-order valence-corrected chi connectivity index (χ3v) is 4.58. The molecule has 1 aliphatic rings. The fourth-order valence-electron chi connectivity index (χ4n) is 2.80. The summed E-state index contributed by atoms with van der Waals surface area (Å²) in [6, 6.07) is 0.0292. The SMILES string of the molecule is CCC/C=C/CC1CC=CC=C(C)C=CC=CC(O)C(O)C=C(C)C=CC=CC(=O)N1. The summed E-state index contributed by atoms with van der Waals surface area (Å²) in [4.78, 5) is 12.3. The second-order valence-electron chi connectivity index (χ2n) is 7.63. The van der Waals surface area contributed by atoms with Crippen LogP contribution in [-0.4, -0.2) is 34.4 Å². The van der Waals surface area contributed by atoms with Gasteiger partial charge in [0.1, 0.15) is 12.2 Å². The Bertz CT molecular complexity index is 778. The molecule has 4 heteroatoms. The van der Waals surface area contributed by atoms with Crippen LogP contribution in [0.3, 0.4) is 0 Å². The molecule has 0 saturated carbocycles. The zero-order valence-corrected chi connectivity index (χ0v) is 18.9. The molecular formula is C27H37NO3. The average molecular weight is 424 g/mol. The van der Waals surface area contributed by atoms with Crippen LogP contribution in [0.25, 0.3) is 0 Å². The van der Waals surface area contributed by atoms with E-state index in [9.17, 15) is 15.0 Å². The normalized spacial score (nSPS) is 24.2. The highest BCUT2D eigenvalue weighted by Crippen LogP contribution is 2.06. The van der Waals surface area contributed by atoms with Gasteiger partial charge in [-0.2, -0.15) is 0 Å². The van der Waals surface area contributed by atoms with Gasteiger partial charge in [0.25, 0.3) is 0 Å². The Balaban J connectivity index is 3.01. The van der Waals surface area contributed by atoms with Crippen LogP contribution < -0.4 is 5.32 Å². The van der Waals surface area contributed by atoms with E-state index in [0.717, 1.165) is 36.8 Å². The highest BCUT2D eigenvalue weighted by Gasteiger charge is 2.09. The lowest BCUT2D eigenvalue weighted by molar-refractivity contribution is -0.117. The predicted molar refractivity (Wildman–Crippen MR) is 130 cm³/mol. The number of rotatable bonds is 4. The second-order valence-corrected chi connectivity index (χ2v) is 7.63. The number of hydrogen-bond acceptors (Lipinski definition) is 3. The minimum Gasteiger partial charge on any atom is -0.386 e. The van der Waals surface area contributed by atoms with Crippen LogP contribution in [0.1, 0.15) is 46.5 Å². The number of nitrogens with one attached hydrogen (secondary N) is 1. The Hall–Kier alpha value is -2.69. The van der Waals surface area contributed by atoms with E-state index in [1.807, 2.05) is 38.2 Å². The molecule has 0 saturated heterocycles. The Morgan fingerprint density at radius 1 is 0.968 bits per heavy atom. The number of aliphatic hydroxyl groups is 2. The maximum absolute atomic E-state index is 12.3. The summed E-state index contributed by atoms with van der Waals surface area (Å²) in [7, 11) is 0. The molecular weight excluding hydrogens is 386 g/mol. The lowest BCUT2D eigenvalue weighted by atomic mass is 10.1. The minimum absolute atomic E-state index is 0.0292. The largest absolute Gasteiger partial charge is 0.386 e. The molecule has 0 aromatic heterocycles. The molecule has 1 rings (SSSR count). The van der Waals surface area contributed by atoms with Crippen LogP contribution in [0.5, 0.6) is 0 Å². The molecule has 4 nitrogen and oxygen atoms in total. The molecule has 0 spiro atoms. The van der Waals surface area contributed by atoms with Crippen molar-refractivity contribution < 1.29 is 15.0 Å². The highest BCUT2D eigenvalue weighted by molar-refractivity contribution is 5.88. The predicted octanol–water partition coefficient (Wildman–Crippen LogP) is 5.02. The molecule has 1 amide bonds. The van der Waals surface area contributed by atoms with Gasteiger partial charge in [0.2, 0.25) is 5.91 Å². The third-order valence-electron chi connectivity index (χ3n) is 4.58. The summed E-state index contributed by atoms with van der Waals surface area (Å²) in [6.07, 6.45) is 27.3. The average Bonchev–Trinajstić information content (AvgIpc) is 2.73. The summed E-state index contributed by atoms with van der Waals surface area (Å²) < 4.78 is 0. The van der Waals surface area contributed by atoms with Crippen molar-refractivity contribution in [3.05, 3.63) is 96.2 Å². The van der Waals surface area contributed by atoms with E-state index in [2.05, 4.69) is 30.5 Å². The van der Waals surface area contributed by atoms with E-state index in [1.165, 1.54) is 6.08 Å². The monoisotopic (exact) mass is 423 g/mol. The molecule has 3 unspecified atom stereocenters. The summed E-state index contributed by atoms with van der Waals surface area (Å²) in [5, 5.41) is 23.2. The molecule has 168 valence electrons. The van der Waals surface area contributed by atoms with Gasteiger partial charge >= 0.3 is 0 Å². The summed E-state index contributed by atoms with van der Waals surface area (Å²) >= 11 is 0. The Morgan fingerprint density at radius 2 is 1.68 bits per heavy atom. The number of carbonyl (C=O) groups is 1. The van der Waals surface area contributed by atoms with Gasteiger partial charge in [-0.05, 0) is 33.1 Å². The Labute approximate surface area is 187 Å². The molecule has 0 aromatic rings. The lowest BCUT2D eigenvalue weighted by Gasteiger charge is -2.14. The van der Waals surface area contributed by atoms with E-state index in [0.29, 0.717) is 0 Å². The van der Waals surface area contributed by atoms with E-state index in [4.69, 9.17) is 0 Å². The van der Waals surface area contributed by atoms with Gasteiger partial charge in [-0.1, -0.05) is 103 Å². The van der Waals surface area contributed by atoms with Crippen LogP contribution in [0.15, 0.2) is 96.2 Å². The lowest BCUT2D eigenvalue weighted by Crippen LogP contribution is -2.32. The van der Waals surface area contributed by atoms with E-state index >= 15 is 0 Å².